The Balaban J connectivity index is 2.10. The predicted octanol–water partition coefficient (Wildman–Crippen LogP) is 8.32. The zero-order valence-electron chi connectivity index (χ0n) is 22.1. The number of ether oxygens (including phenoxy) is 2. The second-order valence-electron chi connectivity index (χ2n) is 9.24. The molecule has 0 aliphatic rings. The summed E-state index contributed by atoms with van der Waals surface area (Å²) in [5.74, 6) is -0.893. The van der Waals surface area contributed by atoms with Crippen molar-refractivity contribution < 1.29 is 19.1 Å². The van der Waals surface area contributed by atoms with Gasteiger partial charge in [0.05, 0.1) is 24.8 Å². The van der Waals surface area contributed by atoms with Crippen molar-refractivity contribution in [1.29, 1.82) is 0 Å². The third-order valence-electron chi connectivity index (χ3n) is 6.22. The molecule has 34 heavy (non-hydrogen) atoms. The quantitative estimate of drug-likeness (QED) is 0.143. The molecule has 1 N–H and O–H groups in total. The fourth-order valence-corrected chi connectivity index (χ4v) is 4.20. The minimum absolute atomic E-state index is 0.295. The molecule has 1 rings (SSSR count). The number of hydrogen-bond donors (Lipinski definition) is 1. The average Bonchev–Trinajstić information content (AvgIpc) is 2.85. The van der Waals surface area contributed by atoms with Crippen LogP contribution in [0.15, 0.2) is 18.2 Å². The van der Waals surface area contributed by atoms with Crippen LogP contribution in [-0.4, -0.2) is 32.2 Å². The van der Waals surface area contributed by atoms with E-state index in [1.807, 2.05) is 0 Å². The zero-order valence-corrected chi connectivity index (χ0v) is 22.1. The molecule has 0 spiro atoms. The van der Waals surface area contributed by atoms with E-state index in [0.717, 1.165) is 18.7 Å². The Hall–Kier alpha value is -2.04. The lowest BCUT2D eigenvalue weighted by atomic mass is 10.0. The number of esters is 2. The number of carbonyl (C=O) groups is 2. The van der Waals surface area contributed by atoms with Crippen LogP contribution in [0.5, 0.6) is 0 Å². The van der Waals surface area contributed by atoms with E-state index < -0.39 is 11.9 Å². The molecular weight excluding hydrogens is 426 g/mol. The Morgan fingerprint density at radius 1 is 0.647 bits per heavy atom. The standard InChI is InChI=1S/C29H49NO4/c1-4-6-7-8-9-10-11-12-13-14-15-16-17-18-19-20-21-30-27-23-25(28(31)33-3)22-26(24-27)29(32)34-5-2/h22-24,30H,4-21H2,1-3H3. The molecule has 0 saturated heterocycles. The highest BCUT2D eigenvalue weighted by molar-refractivity contribution is 5.97. The Labute approximate surface area is 208 Å². The summed E-state index contributed by atoms with van der Waals surface area (Å²) in [4.78, 5) is 24.0. The van der Waals surface area contributed by atoms with E-state index in [1.54, 1.807) is 19.1 Å². The van der Waals surface area contributed by atoms with Gasteiger partial charge in [-0.15, -0.1) is 0 Å². The molecule has 0 fully saturated rings. The Kier molecular flexibility index (Phi) is 17.9. The highest BCUT2D eigenvalue weighted by Crippen LogP contribution is 2.18. The summed E-state index contributed by atoms with van der Waals surface area (Å²) in [5, 5.41) is 3.34. The van der Waals surface area contributed by atoms with Crippen molar-refractivity contribution in [2.75, 3.05) is 25.6 Å². The van der Waals surface area contributed by atoms with Crippen LogP contribution in [0.1, 0.15) is 137 Å². The summed E-state index contributed by atoms with van der Waals surface area (Å²) in [6, 6.07) is 4.97. The van der Waals surface area contributed by atoms with Gasteiger partial charge in [0.1, 0.15) is 0 Å². The number of carbonyl (C=O) groups excluding carboxylic acids is 2. The molecule has 0 aliphatic carbocycles. The molecule has 0 amide bonds. The van der Waals surface area contributed by atoms with Gasteiger partial charge in [0.15, 0.2) is 0 Å². The maximum atomic E-state index is 12.1. The lowest BCUT2D eigenvalue weighted by molar-refractivity contribution is 0.0526. The fraction of sp³-hybridized carbons (Fsp3) is 0.724. The molecule has 0 aliphatic heterocycles. The van der Waals surface area contributed by atoms with E-state index in [9.17, 15) is 9.59 Å². The molecule has 5 nitrogen and oxygen atoms in total. The predicted molar refractivity (Wildman–Crippen MR) is 142 cm³/mol. The van der Waals surface area contributed by atoms with Gasteiger partial charge in [-0.2, -0.15) is 0 Å². The molecule has 0 atom stereocenters. The molecule has 5 heteroatoms. The van der Waals surface area contributed by atoms with Gasteiger partial charge in [0, 0.05) is 12.2 Å². The second kappa shape index (κ2) is 20.3. The number of rotatable bonds is 21. The smallest absolute Gasteiger partial charge is 0.338 e. The average molecular weight is 476 g/mol. The molecule has 0 heterocycles. The van der Waals surface area contributed by atoms with Crippen molar-refractivity contribution in [3.63, 3.8) is 0 Å². The molecule has 0 saturated carbocycles. The maximum absolute atomic E-state index is 12.1. The number of unbranched alkanes of at least 4 members (excludes halogenated alkanes) is 15. The SMILES string of the molecule is CCCCCCCCCCCCCCCCCCNc1cc(C(=O)OC)cc(C(=O)OCC)c1. The molecule has 1 aromatic rings. The molecule has 0 unspecified atom stereocenters. The van der Waals surface area contributed by atoms with Gasteiger partial charge in [0.25, 0.3) is 0 Å². The van der Waals surface area contributed by atoms with E-state index in [0.29, 0.717) is 17.7 Å². The van der Waals surface area contributed by atoms with Crippen molar-refractivity contribution >= 4 is 17.6 Å². The maximum Gasteiger partial charge on any atom is 0.338 e. The third kappa shape index (κ3) is 14.3. The van der Waals surface area contributed by atoms with E-state index in [-0.39, 0.29) is 0 Å². The lowest BCUT2D eigenvalue weighted by Gasteiger charge is -2.11. The Morgan fingerprint density at radius 3 is 1.53 bits per heavy atom. The van der Waals surface area contributed by atoms with Crippen LogP contribution in [0.2, 0.25) is 0 Å². The number of benzene rings is 1. The second-order valence-corrected chi connectivity index (χ2v) is 9.24. The number of nitrogens with one attached hydrogen (secondary N) is 1. The third-order valence-corrected chi connectivity index (χ3v) is 6.22. The minimum Gasteiger partial charge on any atom is -0.465 e. The fourth-order valence-electron chi connectivity index (χ4n) is 4.20. The number of hydrogen-bond acceptors (Lipinski definition) is 5. The van der Waals surface area contributed by atoms with Gasteiger partial charge in [-0.1, -0.05) is 103 Å². The molecule has 194 valence electrons. The number of methoxy groups -OCH3 is 1. The van der Waals surface area contributed by atoms with Gasteiger partial charge in [-0.25, -0.2) is 9.59 Å². The highest BCUT2D eigenvalue weighted by atomic mass is 16.5. The Bertz CT molecular complexity index is 674. The van der Waals surface area contributed by atoms with Crippen LogP contribution >= 0.6 is 0 Å². The van der Waals surface area contributed by atoms with E-state index in [1.165, 1.54) is 109 Å². The first-order chi connectivity index (χ1) is 16.6. The monoisotopic (exact) mass is 475 g/mol. The summed E-state index contributed by atoms with van der Waals surface area (Å²) in [7, 11) is 1.34. The summed E-state index contributed by atoms with van der Waals surface area (Å²) in [5.41, 5.74) is 1.45. The summed E-state index contributed by atoms with van der Waals surface area (Å²) in [6.45, 7) is 5.14. The van der Waals surface area contributed by atoms with Crippen LogP contribution in [0, 0.1) is 0 Å². The summed E-state index contributed by atoms with van der Waals surface area (Å²) in [6.07, 6.45) is 21.6. The molecule has 1 aromatic carbocycles. The largest absolute Gasteiger partial charge is 0.465 e. The van der Waals surface area contributed by atoms with Crippen LogP contribution in [0.3, 0.4) is 0 Å². The minimum atomic E-state index is -0.461. The van der Waals surface area contributed by atoms with Crippen LogP contribution in [-0.2, 0) is 9.47 Å². The number of anilines is 1. The van der Waals surface area contributed by atoms with Gasteiger partial charge >= 0.3 is 11.9 Å². The normalized spacial score (nSPS) is 10.8. The molecule has 0 bridgehead atoms. The Morgan fingerprint density at radius 2 is 1.09 bits per heavy atom. The summed E-state index contributed by atoms with van der Waals surface area (Å²) < 4.78 is 9.88. The topological polar surface area (TPSA) is 64.6 Å². The molecule has 0 radical (unpaired) electrons. The van der Waals surface area contributed by atoms with Gasteiger partial charge in [-0.05, 0) is 31.5 Å². The van der Waals surface area contributed by atoms with Crippen molar-refractivity contribution in [2.45, 2.75) is 117 Å². The van der Waals surface area contributed by atoms with Crippen molar-refractivity contribution in [3.8, 4) is 0 Å². The van der Waals surface area contributed by atoms with Gasteiger partial charge in [-0.3, -0.25) is 0 Å². The first-order valence-corrected chi connectivity index (χ1v) is 13.8. The van der Waals surface area contributed by atoms with Gasteiger partial charge < -0.3 is 14.8 Å². The van der Waals surface area contributed by atoms with E-state index >= 15 is 0 Å². The molecular formula is C29H49NO4. The first kappa shape index (κ1) is 30.0. The van der Waals surface area contributed by atoms with E-state index in [2.05, 4.69) is 12.2 Å². The van der Waals surface area contributed by atoms with Crippen molar-refractivity contribution in [3.05, 3.63) is 29.3 Å². The van der Waals surface area contributed by atoms with Gasteiger partial charge in [0.2, 0.25) is 0 Å². The van der Waals surface area contributed by atoms with Crippen LogP contribution < -0.4 is 5.32 Å². The zero-order chi connectivity index (χ0) is 24.9. The summed E-state index contributed by atoms with van der Waals surface area (Å²) >= 11 is 0. The van der Waals surface area contributed by atoms with Crippen molar-refractivity contribution in [2.24, 2.45) is 0 Å². The highest BCUT2D eigenvalue weighted by Gasteiger charge is 2.14. The lowest BCUT2D eigenvalue weighted by Crippen LogP contribution is -2.10. The van der Waals surface area contributed by atoms with E-state index in [4.69, 9.17) is 9.47 Å². The van der Waals surface area contributed by atoms with Crippen LogP contribution in [0.4, 0.5) is 5.69 Å². The first-order valence-electron chi connectivity index (χ1n) is 13.8. The van der Waals surface area contributed by atoms with Crippen molar-refractivity contribution in [1.82, 2.24) is 0 Å². The van der Waals surface area contributed by atoms with Crippen LogP contribution in [0.25, 0.3) is 0 Å². The molecule has 0 aromatic heterocycles.